The second-order valence-corrected chi connectivity index (χ2v) is 4.67. The van der Waals surface area contributed by atoms with Gasteiger partial charge in [0.05, 0.1) is 12.7 Å². The Bertz CT molecular complexity index is 837. The van der Waals surface area contributed by atoms with E-state index in [-0.39, 0.29) is 18.9 Å². The van der Waals surface area contributed by atoms with E-state index >= 15 is 0 Å². The maximum Gasteiger partial charge on any atom is 0.337 e. The number of esters is 1. The van der Waals surface area contributed by atoms with Crippen molar-refractivity contribution in [3.05, 3.63) is 62.9 Å². The van der Waals surface area contributed by atoms with Crippen molar-refractivity contribution >= 4 is 17.6 Å². The molecule has 2 N–H and O–H groups in total. The molecular weight excluding hydrogens is 302 g/mol. The van der Waals surface area contributed by atoms with Gasteiger partial charge in [-0.05, 0) is 18.2 Å². The summed E-state index contributed by atoms with van der Waals surface area (Å²) in [6, 6.07) is 7.53. The molecule has 8 nitrogen and oxygen atoms in total. The Morgan fingerprint density at radius 3 is 2.74 bits per heavy atom. The maximum atomic E-state index is 11.9. The van der Waals surface area contributed by atoms with Crippen molar-refractivity contribution < 1.29 is 14.3 Å². The molecule has 2 rings (SSSR count). The molecule has 0 fully saturated rings. The molecule has 2 aromatic rings. The Morgan fingerprint density at radius 1 is 1.26 bits per heavy atom. The minimum atomic E-state index is -0.571. The Kier molecular flexibility index (Phi) is 5.08. The molecule has 1 amide bonds. The van der Waals surface area contributed by atoms with E-state index in [1.54, 1.807) is 18.2 Å². The minimum absolute atomic E-state index is 0.0361. The second kappa shape index (κ2) is 7.21. The molecular formula is C15H15N3O5. The van der Waals surface area contributed by atoms with Gasteiger partial charge in [-0.2, -0.15) is 0 Å². The molecule has 0 saturated carbocycles. The van der Waals surface area contributed by atoms with Crippen LogP contribution in [-0.2, 0) is 16.1 Å². The second-order valence-electron chi connectivity index (χ2n) is 4.67. The number of aromatic nitrogens is 2. The van der Waals surface area contributed by atoms with Crippen LogP contribution in [0.5, 0.6) is 0 Å². The smallest absolute Gasteiger partial charge is 0.337 e. The number of amides is 1. The van der Waals surface area contributed by atoms with Crippen LogP contribution in [0.25, 0.3) is 0 Å². The molecule has 0 aliphatic rings. The summed E-state index contributed by atoms with van der Waals surface area (Å²) in [6.45, 7) is 0.123. The Morgan fingerprint density at radius 2 is 2.04 bits per heavy atom. The number of ether oxygens (including phenoxy) is 1. The van der Waals surface area contributed by atoms with Crippen LogP contribution in [0.15, 0.2) is 46.1 Å². The molecule has 0 spiro atoms. The van der Waals surface area contributed by atoms with Gasteiger partial charge in [0.2, 0.25) is 5.91 Å². The largest absolute Gasteiger partial charge is 0.465 e. The van der Waals surface area contributed by atoms with Crippen molar-refractivity contribution in [3.8, 4) is 0 Å². The SMILES string of the molecule is COC(=O)c1cccc(NC(=O)CCn2ccc(=O)[nH]c2=O)c1. The number of methoxy groups -OCH3 is 1. The normalized spacial score (nSPS) is 10.1. The van der Waals surface area contributed by atoms with Crippen molar-refractivity contribution in [2.45, 2.75) is 13.0 Å². The van der Waals surface area contributed by atoms with Crippen LogP contribution in [0, 0.1) is 0 Å². The van der Waals surface area contributed by atoms with Gasteiger partial charge in [0.1, 0.15) is 0 Å². The number of aromatic amines is 1. The Labute approximate surface area is 130 Å². The van der Waals surface area contributed by atoms with E-state index in [0.29, 0.717) is 11.3 Å². The molecule has 1 heterocycles. The average molecular weight is 317 g/mol. The molecule has 0 aliphatic heterocycles. The van der Waals surface area contributed by atoms with Gasteiger partial charge in [-0.25, -0.2) is 9.59 Å². The minimum Gasteiger partial charge on any atom is -0.465 e. The highest BCUT2D eigenvalue weighted by atomic mass is 16.5. The fourth-order valence-electron chi connectivity index (χ4n) is 1.91. The Hall–Kier alpha value is -3.16. The summed E-state index contributed by atoms with van der Waals surface area (Å²) in [4.78, 5) is 47.9. The molecule has 23 heavy (non-hydrogen) atoms. The van der Waals surface area contributed by atoms with Crippen LogP contribution in [0.1, 0.15) is 16.8 Å². The third-order valence-electron chi connectivity index (χ3n) is 3.04. The number of aryl methyl sites for hydroxylation is 1. The number of carbonyl (C=O) groups excluding carboxylic acids is 2. The van der Waals surface area contributed by atoms with Crippen LogP contribution in [0.4, 0.5) is 5.69 Å². The Balaban J connectivity index is 1.98. The lowest BCUT2D eigenvalue weighted by atomic mass is 10.2. The van der Waals surface area contributed by atoms with E-state index in [1.165, 1.54) is 30.0 Å². The van der Waals surface area contributed by atoms with E-state index in [4.69, 9.17) is 0 Å². The van der Waals surface area contributed by atoms with E-state index in [0.717, 1.165) is 0 Å². The molecule has 0 atom stereocenters. The average Bonchev–Trinajstić information content (AvgIpc) is 2.53. The zero-order valence-electron chi connectivity index (χ0n) is 12.4. The molecule has 1 aromatic heterocycles. The molecule has 0 saturated heterocycles. The van der Waals surface area contributed by atoms with Crippen molar-refractivity contribution in [2.75, 3.05) is 12.4 Å². The highest BCUT2D eigenvalue weighted by Crippen LogP contribution is 2.11. The van der Waals surface area contributed by atoms with Crippen molar-refractivity contribution in [1.82, 2.24) is 9.55 Å². The lowest BCUT2D eigenvalue weighted by Crippen LogP contribution is -2.29. The lowest BCUT2D eigenvalue weighted by molar-refractivity contribution is -0.116. The molecule has 0 unspecified atom stereocenters. The number of nitrogens with one attached hydrogen (secondary N) is 2. The van der Waals surface area contributed by atoms with E-state index < -0.39 is 17.2 Å². The molecule has 1 aromatic carbocycles. The summed E-state index contributed by atoms with van der Waals surface area (Å²) in [5.41, 5.74) is -0.290. The van der Waals surface area contributed by atoms with Gasteiger partial charge in [0, 0.05) is 30.9 Å². The van der Waals surface area contributed by atoms with Gasteiger partial charge in [-0.15, -0.1) is 0 Å². The third kappa shape index (κ3) is 4.40. The highest BCUT2D eigenvalue weighted by Gasteiger charge is 2.08. The molecule has 0 aliphatic carbocycles. The first-order chi connectivity index (χ1) is 11.0. The summed E-state index contributed by atoms with van der Waals surface area (Å²) in [5, 5.41) is 2.63. The fourth-order valence-corrected chi connectivity index (χ4v) is 1.91. The molecule has 0 radical (unpaired) electrons. The number of carbonyl (C=O) groups is 2. The van der Waals surface area contributed by atoms with Crippen LogP contribution in [0.2, 0.25) is 0 Å². The van der Waals surface area contributed by atoms with Crippen molar-refractivity contribution in [3.63, 3.8) is 0 Å². The molecule has 0 bridgehead atoms. The van der Waals surface area contributed by atoms with Gasteiger partial charge in [0.25, 0.3) is 5.56 Å². The predicted octanol–water partition coefficient (Wildman–Crippen LogP) is 0.352. The van der Waals surface area contributed by atoms with Gasteiger partial charge in [-0.3, -0.25) is 14.6 Å². The first-order valence-corrected chi connectivity index (χ1v) is 6.77. The summed E-state index contributed by atoms with van der Waals surface area (Å²) < 4.78 is 5.83. The summed E-state index contributed by atoms with van der Waals surface area (Å²) >= 11 is 0. The van der Waals surface area contributed by atoms with Gasteiger partial charge in [0.15, 0.2) is 0 Å². The van der Waals surface area contributed by atoms with Crippen molar-refractivity contribution in [1.29, 1.82) is 0 Å². The van der Waals surface area contributed by atoms with Crippen LogP contribution < -0.4 is 16.6 Å². The fraction of sp³-hybridized carbons (Fsp3) is 0.200. The van der Waals surface area contributed by atoms with E-state index in [9.17, 15) is 19.2 Å². The predicted molar refractivity (Wildman–Crippen MR) is 82.4 cm³/mol. The number of H-pyrrole nitrogens is 1. The number of hydrogen-bond acceptors (Lipinski definition) is 5. The van der Waals surface area contributed by atoms with Crippen LogP contribution in [-0.4, -0.2) is 28.5 Å². The summed E-state index contributed by atoms with van der Waals surface area (Å²) in [7, 11) is 1.27. The standard InChI is InChI=1S/C15H15N3O5/c1-23-14(21)10-3-2-4-11(9-10)16-12(19)5-7-18-8-6-13(20)17-15(18)22/h2-4,6,8-9H,5,7H2,1H3,(H,16,19)(H,17,20,22). The van der Waals surface area contributed by atoms with Gasteiger partial charge in [-0.1, -0.05) is 6.07 Å². The molecule has 120 valence electrons. The van der Waals surface area contributed by atoms with Gasteiger partial charge >= 0.3 is 11.7 Å². The van der Waals surface area contributed by atoms with E-state index in [1.807, 2.05) is 0 Å². The highest BCUT2D eigenvalue weighted by molar-refractivity contribution is 5.94. The monoisotopic (exact) mass is 317 g/mol. The van der Waals surface area contributed by atoms with E-state index in [2.05, 4.69) is 15.0 Å². The topological polar surface area (TPSA) is 110 Å². The third-order valence-corrected chi connectivity index (χ3v) is 3.04. The summed E-state index contributed by atoms with van der Waals surface area (Å²) in [6.07, 6.45) is 1.36. The van der Waals surface area contributed by atoms with Crippen LogP contribution in [0.3, 0.4) is 0 Å². The number of anilines is 1. The maximum absolute atomic E-state index is 11.9. The quantitative estimate of drug-likeness (QED) is 0.773. The zero-order chi connectivity index (χ0) is 16.8. The van der Waals surface area contributed by atoms with Crippen LogP contribution >= 0.6 is 0 Å². The first-order valence-electron chi connectivity index (χ1n) is 6.77. The number of hydrogen-bond donors (Lipinski definition) is 2. The number of nitrogens with zero attached hydrogens (tertiary/aromatic N) is 1. The molecule has 8 heteroatoms. The summed E-state index contributed by atoms with van der Waals surface area (Å²) in [5.74, 6) is -0.828. The number of rotatable bonds is 5. The van der Waals surface area contributed by atoms with Gasteiger partial charge < -0.3 is 14.6 Å². The van der Waals surface area contributed by atoms with Crippen molar-refractivity contribution in [2.24, 2.45) is 0 Å². The lowest BCUT2D eigenvalue weighted by Gasteiger charge is -2.07. The first kappa shape index (κ1) is 16.2. The number of benzene rings is 1. The zero-order valence-corrected chi connectivity index (χ0v) is 12.4.